The van der Waals surface area contributed by atoms with E-state index in [0.717, 1.165) is 6.07 Å². The molecule has 6 nitrogen and oxygen atoms in total. The van der Waals surface area contributed by atoms with Crippen LogP contribution in [-0.4, -0.2) is 28.6 Å². The molecule has 2 heterocycles. The molecule has 0 N–H and O–H groups in total. The van der Waals surface area contributed by atoms with Crippen molar-refractivity contribution in [3.05, 3.63) is 57.2 Å². The molecule has 29 heavy (non-hydrogen) atoms. The number of hydrogen-bond acceptors (Lipinski definition) is 5. The second-order valence-corrected chi connectivity index (χ2v) is 7.20. The van der Waals surface area contributed by atoms with Gasteiger partial charge in [0, 0.05) is 30.5 Å². The Bertz CT molecular complexity index is 894. The van der Waals surface area contributed by atoms with E-state index in [0.29, 0.717) is 31.5 Å². The Labute approximate surface area is 170 Å². The Hall–Kier alpha value is -2.55. The predicted molar refractivity (Wildman–Crippen MR) is 102 cm³/mol. The fourth-order valence-corrected chi connectivity index (χ4v) is 3.76. The van der Waals surface area contributed by atoms with Gasteiger partial charge < -0.3 is 19.8 Å². The first kappa shape index (κ1) is 21.2. The molecule has 0 amide bonds. The molecule has 0 radical (unpaired) electrons. The lowest BCUT2D eigenvalue weighted by atomic mass is 9.96. The SMILES string of the molecule is CC[C@@H]1C[C@H](Oc2ccc(Cl)cc2C(F)(F)F)CCN1c1cccnc1[N+](=O)[O-]. The topological polar surface area (TPSA) is 68.5 Å². The van der Waals surface area contributed by atoms with Crippen LogP contribution < -0.4 is 9.64 Å². The molecule has 3 rings (SSSR count). The average Bonchev–Trinajstić information content (AvgIpc) is 2.68. The van der Waals surface area contributed by atoms with E-state index in [1.165, 1.54) is 18.3 Å². The third-order valence-corrected chi connectivity index (χ3v) is 5.16. The van der Waals surface area contributed by atoms with Gasteiger partial charge in [0.2, 0.25) is 0 Å². The van der Waals surface area contributed by atoms with Crippen molar-refractivity contribution in [1.82, 2.24) is 4.98 Å². The van der Waals surface area contributed by atoms with Gasteiger partial charge in [0.1, 0.15) is 23.7 Å². The van der Waals surface area contributed by atoms with Gasteiger partial charge in [0.05, 0.1) is 5.56 Å². The van der Waals surface area contributed by atoms with E-state index in [4.69, 9.17) is 16.3 Å². The van der Waals surface area contributed by atoms with Gasteiger partial charge in [0.25, 0.3) is 0 Å². The number of rotatable bonds is 5. The molecule has 1 aliphatic rings. The molecule has 156 valence electrons. The highest BCUT2D eigenvalue weighted by atomic mass is 35.5. The monoisotopic (exact) mass is 429 g/mol. The fraction of sp³-hybridized carbons (Fsp3) is 0.421. The van der Waals surface area contributed by atoms with Crippen LogP contribution >= 0.6 is 11.6 Å². The highest BCUT2D eigenvalue weighted by Gasteiger charge is 2.37. The number of hydrogen-bond donors (Lipinski definition) is 0. The Morgan fingerprint density at radius 3 is 2.79 bits per heavy atom. The zero-order chi connectivity index (χ0) is 21.2. The molecule has 2 aromatic rings. The molecule has 1 aromatic heterocycles. The third-order valence-electron chi connectivity index (χ3n) is 4.93. The number of alkyl halides is 3. The molecule has 0 aliphatic carbocycles. The maximum atomic E-state index is 13.3. The number of pyridine rings is 1. The highest BCUT2D eigenvalue weighted by Crippen LogP contribution is 2.40. The zero-order valence-corrected chi connectivity index (χ0v) is 16.3. The molecular weight excluding hydrogens is 411 g/mol. The van der Waals surface area contributed by atoms with Crippen molar-refractivity contribution >= 4 is 23.1 Å². The summed E-state index contributed by atoms with van der Waals surface area (Å²) < 4.78 is 45.6. The predicted octanol–water partition coefficient (Wildman–Crippen LogP) is 5.49. The molecule has 1 aromatic carbocycles. The molecule has 0 unspecified atom stereocenters. The summed E-state index contributed by atoms with van der Waals surface area (Å²) in [6.07, 6.45) is -2.17. The van der Waals surface area contributed by atoms with Crippen LogP contribution in [0.4, 0.5) is 24.7 Å². The van der Waals surface area contributed by atoms with Gasteiger partial charge in [-0.3, -0.25) is 0 Å². The molecule has 1 aliphatic heterocycles. The molecule has 2 atom stereocenters. The summed E-state index contributed by atoms with van der Waals surface area (Å²) in [4.78, 5) is 16.5. The maximum absolute atomic E-state index is 13.3. The summed E-state index contributed by atoms with van der Waals surface area (Å²) in [6.45, 7) is 2.33. The van der Waals surface area contributed by atoms with E-state index in [1.807, 2.05) is 11.8 Å². The number of nitro groups is 1. The van der Waals surface area contributed by atoms with Crippen molar-refractivity contribution in [2.75, 3.05) is 11.4 Å². The van der Waals surface area contributed by atoms with E-state index in [1.54, 1.807) is 12.1 Å². The first-order chi connectivity index (χ1) is 13.7. The summed E-state index contributed by atoms with van der Waals surface area (Å²) >= 11 is 5.72. The van der Waals surface area contributed by atoms with Gasteiger partial charge in [-0.2, -0.15) is 13.2 Å². The van der Waals surface area contributed by atoms with Crippen LogP contribution in [0.2, 0.25) is 5.02 Å². The Morgan fingerprint density at radius 1 is 1.38 bits per heavy atom. The molecule has 0 saturated carbocycles. The van der Waals surface area contributed by atoms with Crippen LogP contribution in [0.5, 0.6) is 5.75 Å². The summed E-state index contributed by atoms with van der Waals surface area (Å²) in [5.41, 5.74) is -0.506. The largest absolute Gasteiger partial charge is 0.490 e. The van der Waals surface area contributed by atoms with Gasteiger partial charge in [-0.1, -0.05) is 18.5 Å². The van der Waals surface area contributed by atoms with E-state index in [2.05, 4.69) is 4.98 Å². The lowest BCUT2D eigenvalue weighted by molar-refractivity contribution is -0.388. The highest BCUT2D eigenvalue weighted by molar-refractivity contribution is 6.30. The standard InChI is InChI=1S/C19H19ClF3N3O3/c1-2-13-11-14(29-17-6-5-12(20)10-15(17)19(21,22)23)7-9-25(13)16-4-3-8-24-18(16)26(27)28/h3-6,8,10,13-14H,2,7,9,11H2,1H3/t13-,14-/m1/s1. The van der Waals surface area contributed by atoms with Crippen molar-refractivity contribution < 1.29 is 22.8 Å². The first-order valence-corrected chi connectivity index (χ1v) is 9.48. The second-order valence-electron chi connectivity index (χ2n) is 6.76. The first-order valence-electron chi connectivity index (χ1n) is 9.10. The van der Waals surface area contributed by atoms with E-state index < -0.39 is 22.8 Å². The number of ether oxygens (including phenoxy) is 1. The number of nitrogens with zero attached hydrogens (tertiary/aromatic N) is 3. The zero-order valence-electron chi connectivity index (χ0n) is 15.5. The number of anilines is 1. The molecule has 1 saturated heterocycles. The average molecular weight is 430 g/mol. The molecule has 10 heteroatoms. The van der Waals surface area contributed by atoms with Crippen LogP contribution in [-0.2, 0) is 6.18 Å². The fourth-order valence-electron chi connectivity index (χ4n) is 3.58. The lowest BCUT2D eigenvalue weighted by Gasteiger charge is -2.40. The van der Waals surface area contributed by atoms with Crippen LogP contribution in [0.3, 0.4) is 0 Å². The lowest BCUT2D eigenvalue weighted by Crippen LogP contribution is -2.46. The summed E-state index contributed by atoms with van der Waals surface area (Å²) in [6, 6.07) is 6.57. The number of halogens is 4. The van der Waals surface area contributed by atoms with Crippen LogP contribution in [0.25, 0.3) is 0 Å². The summed E-state index contributed by atoms with van der Waals surface area (Å²) in [5, 5.41) is 11.3. The van der Waals surface area contributed by atoms with E-state index >= 15 is 0 Å². The maximum Gasteiger partial charge on any atom is 0.420 e. The molecule has 0 bridgehead atoms. The van der Waals surface area contributed by atoms with Crippen molar-refractivity contribution in [2.45, 2.75) is 44.5 Å². The number of aromatic nitrogens is 1. The number of piperidine rings is 1. The Balaban J connectivity index is 1.80. The summed E-state index contributed by atoms with van der Waals surface area (Å²) in [7, 11) is 0. The quantitative estimate of drug-likeness (QED) is 0.464. The minimum atomic E-state index is -4.58. The number of benzene rings is 1. The van der Waals surface area contributed by atoms with Crippen LogP contribution in [0.15, 0.2) is 36.5 Å². The normalized spacial score (nSPS) is 19.8. The Morgan fingerprint density at radius 2 is 2.14 bits per heavy atom. The van der Waals surface area contributed by atoms with Gasteiger partial charge in [0.15, 0.2) is 0 Å². The van der Waals surface area contributed by atoms with Crippen molar-refractivity contribution in [3.8, 4) is 5.75 Å². The smallest absolute Gasteiger partial charge is 0.420 e. The van der Waals surface area contributed by atoms with Gasteiger partial charge in [-0.25, -0.2) is 0 Å². The third kappa shape index (κ3) is 4.72. The van der Waals surface area contributed by atoms with Gasteiger partial charge in [-0.15, -0.1) is 0 Å². The van der Waals surface area contributed by atoms with Gasteiger partial charge in [-0.05, 0) is 46.7 Å². The second kappa shape index (κ2) is 8.44. The minimum Gasteiger partial charge on any atom is -0.490 e. The minimum absolute atomic E-state index is 0.0187. The summed E-state index contributed by atoms with van der Waals surface area (Å²) in [5.74, 6) is -0.495. The van der Waals surface area contributed by atoms with Crippen LogP contribution in [0.1, 0.15) is 31.7 Å². The molecule has 1 fully saturated rings. The van der Waals surface area contributed by atoms with Gasteiger partial charge >= 0.3 is 12.0 Å². The van der Waals surface area contributed by atoms with Crippen molar-refractivity contribution in [1.29, 1.82) is 0 Å². The molecule has 0 spiro atoms. The van der Waals surface area contributed by atoms with Crippen LogP contribution in [0, 0.1) is 10.1 Å². The van der Waals surface area contributed by atoms with E-state index in [9.17, 15) is 23.3 Å². The van der Waals surface area contributed by atoms with Crippen molar-refractivity contribution in [3.63, 3.8) is 0 Å². The van der Waals surface area contributed by atoms with E-state index in [-0.39, 0.29) is 22.6 Å². The molecular formula is C19H19ClF3N3O3. The van der Waals surface area contributed by atoms with Crippen molar-refractivity contribution in [2.24, 2.45) is 0 Å². The Kier molecular flexibility index (Phi) is 6.16.